The first kappa shape index (κ1) is 17.7. The summed E-state index contributed by atoms with van der Waals surface area (Å²) in [6.45, 7) is 4.73. The fourth-order valence-corrected chi connectivity index (χ4v) is 4.59. The van der Waals surface area contributed by atoms with Crippen molar-refractivity contribution >= 4 is 39.3 Å². The highest BCUT2D eigenvalue weighted by atomic mass is 32.2. The van der Waals surface area contributed by atoms with Crippen LogP contribution in [0, 0.1) is 0 Å². The van der Waals surface area contributed by atoms with Crippen molar-refractivity contribution < 1.29 is 14.3 Å². The first-order valence-electron chi connectivity index (χ1n) is 7.98. The highest BCUT2D eigenvalue weighted by Gasteiger charge is 2.25. The van der Waals surface area contributed by atoms with E-state index in [-0.39, 0.29) is 5.97 Å². The molecule has 0 aliphatic heterocycles. The standard InChI is InChI=1S/C18H18N2O3S2/c1-3-22-13-5-6-14-15(11-13)24-18(20-14)25-16(17(21)23-4-2)12-7-9-19-10-8-12/h5-11,16H,3-4H2,1-2H3. The zero-order chi connectivity index (χ0) is 17.6. The molecule has 0 saturated carbocycles. The van der Waals surface area contributed by atoms with Crippen molar-refractivity contribution in [1.29, 1.82) is 0 Å². The van der Waals surface area contributed by atoms with Gasteiger partial charge in [-0.05, 0) is 49.7 Å². The molecule has 5 nitrogen and oxygen atoms in total. The van der Waals surface area contributed by atoms with Gasteiger partial charge >= 0.3 is 5.97 Å². The van der Waals surface area contributed by atoms with Gasteiger partial charge in [-0.25, -0.2) is 4.98 Å². The second-order valence-electron chi connectivity index (χ2n) is 5.07. The third-order valence-electron chi connectivity index (χ3n) is 3.38. The van der Waals surface area contributed by atoms with E-state index >= 15 is 0 Å². The van der Waals surface area contributed by atoms with Crippen LogP contribution in [0.3, 0.4) is 0 Å². The summed E-state index contributed by atoms with van der Waals surface area (Å²) in [6, 6.07) is 9.48. The van der Waals surface area contributed by atoms with Crippen LogP contribution in [-0.2, 0) is 9.53 Å². The Labute approximate surface area is 154 Å². The molecule has 1 atom stereocenters. The highest BCUT2D eigenvalue weighted by Crippen LogP contribution is 2.40. The number of esters is 1. The van der Waals surface area contributed by atoms with Gasteiger partial charge in [-0.3, -0.25) is 9.78 Å². The second kappa shape index (κ2) is 8.31. The van der Waals surface area contributed by atoms with E-state index in [2.05, 4.69) is 9.97 Å². The van der Waals surface area contributed by atoms with E-state index in [1.165, 1.54) is 11.8 Å². The average molecular weight is 374 g/mol. The van der Waals surface area contributed by atoms with Crippen molar-refractivity contribution in [1.82, 2.24) is 9.97 Å². The van der Waals surface area contributed by atoms with Crippen molar-refractivity contribution in [2.45, 2.75) is 23.4 Å². The molecule has 0 bridgehead atoms. The number of fused-ring (bicyclic) bond motifs is 1. The van der Waals surface area contributed by atoms with Crippen LogP contribution < -0.4 is 4.74 Å². The zero-order valence-electron chi connectivity index (χ0n) is 14.0. The molecule has 3 rings (SSSR count). The Bertz CT molecular complexity index is 852. The number of thiazole rings is 1. The van der Waals surface area contributed by atoms with Gasteiger partial charge in [0, 0.05) is 12.4 Å². The summed E-state index contributed by atoms with van der Waals surface area (Å²) in [7, 11) is 0. The Morgan fingerprint density at radius 2 is 2.00 bits per heavy atom. The van der Waals surface area contributed by atoms with Gasteiger partial charge in [0.15, 0.2) is 4.34 Å². The number of aromatic nitrogens is 2. The molecule has 0 radical (unpaired) electrons. The summed E-state index contributed by atoms with van der Waals surface area (Å²) in [5, 5.41) is -0.463. The minimum atomic E-state index is -0.463. The lowest BCUT2D eigenvalue weighted by molar-refractivity contribution is -0.142. The monoisotopic (exact) mass is 374 g/mol. The molecule has 2 aromatic heterocycles. The van der Waals surface area contributed by atoms with Gasteiger partial charge in [-0.15, -0.1) is 11.3 Å². The molecule has 0 aliphatic carbocycles. The number of benzene rings is 1. The predicted octanol–water partition coefficient (Wildman–Crippen LogP) is 4.49. The number of carbonyl (C=O) groups excluding carboxylic acids is 1. The number of rotatable bonds is 7. The lowest BCUT2D eigenvalue weighted by atomic mass is 10.2. The van der Waals surface area contributed by atoms with Crippen molar-refractivity contribution in [3.63, 3.8) is 0 Å². The Morgan fingerprint density at radius 1 is 1.20 bits per heavy atom. The Kier molecular flexibility index (Phi) is 5.88. The van der Waals surface area contributed by atoms with E-state index in [9.17, 15) is 4.79 Å². The maximum absolute atomic E-state index is 12.4. The number of hydrogen-bond donors (Lipinski definition) is 0. The first-order chi connectivity index (χ1) is 12.2. The lowest BCUT2D eigenvalue weighted by Gasteiger charge is -2.13. The summed E-state index contributed by atoms with van der Waals surface area (Å²) in [4.78, 5) is 21.0. The van der Waals surface area contributed by atoms with Gasteiger partial charge in [-0.2, -0.15) is 0 Å². The molecule has 0 N–H and O–H groups in total. The number of ether oxygens (including phenoxy) is 2. The molecular weight excluding hydrogens is 356 g/mol. The summed E-state index contributed by atoms with van der Waals surface area (Å²) >= 11 is 2.94. The van der Waals surface area contributed by atoms with E-state index in [1.807, 2.05) is 37.3 Å². The van der Waals surface area contributed by atoms with Gasteiger partial charge in [0.25, 0.3) is 0 Å². The summed E-state index contributed by atoms with van der Waals surface area (Å²) in [5.41, 5.74) is 1.75. The van der Waals surface area contributed by atoms with Crippen LogP contribution in [0.1, 0.15) is 24.7 Å². The first-order valence-corrected chi connectivity index (χ1v) is 9.67. The molecule has 1 unspecified atom stereocenters. The molecule has 130 valence electrons. The van der Waals surface area contributed by atoms with Crippen LogP contribution >= 0.6 is 23.1 Å². The van der Waals surface area contributed by atoms with Gasteiger partial charge in [-0.1, -0.05) is 11.8 Å². The molecule has 2 heterocycles. The van der Waals surface area contributed by atoms with Crippen molar-refractivity contribution in [3.05, 3.63) is 48.3 Å². The Balaban J connectivity index is 1.88. The van der Waals surface area contributed by atoms with Crippen LogP contribution in [0.5, 0.6) is 5.75 Å². The van der Waals surface area contributed by atoms with E-state index in [1.54, 1.807) is 30.7 Å². The molecule has 3 aromatic rings. The second-order valence-corrected chi connectivity index (χ2v) is 7.46. The minimum Gasteiger partial charge on any atom is -0.494 e. The maximum atomic E-state index is 12.4. The van der Waals surface area contributed by atoms with Crippen LogP contribution in [0.2, 0.25) is 0 Å². The van der Waals surface area contributed by atoms with Crippen molar-refractivity contribution in [3.8, 4) is 5.75 Å². The zero-order valence-corrected chi connectivity index (χ0v) is 15.6. The fraction of sp³-hybridized carbons (Fsp3) is 0.278. The maximum Gasteiger partial charge on any atom is 0.324 e. The molecule has 0 spiro atoms. The predicted molar refractivity (Wildman–Crippen MR) is 100 cm³/mol. The van der Waals surface area contributed by atoms with E-state index in [0.717, 1.165) is 25.9 Å². The van der Waals surface area contributed by atoms with E-state index in [4.69, 9.17) is 9.47 Å². The SMILES string of the molecule is CCOC(=O)C(Sc1nc2ccc(OCC)cc2s1)c1ccncc1. The number of nitrogens with zero attached hydrogens (tertiary/aromatic N) is 2. The van der Waals surface area contributed by atoms with E-state index < -0.39 is 5.25 Å². The van der Waals surface area contributed by atoms with Crippen molar-refractivity contribution in [2.24, 2.45) is 0 Å². The third kappa shape index (κ3) is 4.29. The number of thioether (sulfide) groups is 1. The largest absolute Gasteiger partial charge is 0.494 e. The third-order valence-corrected chi connectivity index (χ3v) is 5.72. The van der Waals surface area contributed by atoms with Crippen molar-refractivity contribution in [2.75, 3.05) is 13.2 Å². The molecule has 0 fully saturated rings. The average Bonchev–Trinajstić information content (AvgIpc) is 3.03. The molecule has 1 aromatic carbocycles. The summed E-state index contributed by atoms with van der Waals surface area (Å²) < 4.78 is 12.6. The molecular formula is C18H18N2O3S2. The lowest BCUT2D eigenvalue weighted by Crippen LogP contribution is -2.13. The van der Waals surface area contributed by atoms with Crippen LogP contribution in [0.15, 0.2) is 47.1 Å². The normalized spacial score (nSPS) is 12.1. The van der Waals surface area contributed by atoms with E-state index in [0.29, 0.717) is 13.2 Å². The molecule has 7 heteroatoms. The quantitative estimate of drug-likeness (QED) is 0.449. The number of hydrogen-bond acceptors (Lipinski definition) is 7. The summed E-state index contributed by atoms with van der Waals surface area (Å²) in [5.74, 6) is 0.555. The number of pyridine rings is 1. The molecule has 0 aliphatic rings. The Hall–Kier alpha value is -2.12. The van der Waals surface area contributed by atoms with Gasteiger partial charge in [0.1, 0.15) is 11.0 Å². The Morgan fingerprint density at radius 3 is 2.72 bits per heavy atom. The number of carbonyl (C=O) groups is 1. The molecule has 0 saturated heterocycles. The molecule has 25 heavy (non-hydrogen) atoms. The van der Waals surface area contributed by atoms with Crippen LogP contribution in [0.25, 0.3) is 10.2 Å². The fourth-order valence-electron chi connectivity index (χ4n) is 2.30. The topological polar surface area (TPSA) is 61.3 Å². The summed E-state index contributed by atoms with van der Waals surface area (Å²) in [6.07, 6.45) is 3.35. The minimum absolute atomic E-state index is 0.270. The van der Waals surface area contributed by atoms with Gasteiger partial charge in [0.05, 0.1) is 23.4 Å². The highest BCUT2D eigenvalue weighted by molar-refractivity contribution is 8.02. The smallest absolute Gasteiger partial charge is 0.324 e. The van der Waals surface area contributed by atoms with Gasteiger partial charge < -0.3 is 9.47 Å². The van der Waals surface area contributed by atoms with Crippen LogP contribution in [0.4, 0.5) is 0 Å². The van der Waals surface area contributed by atoms with Crippen LogP contribution in [-0.4, -0.2) is 29.2 Å². The molecule has 0 amide bonds. The van der Waals surface area contributed by atoms with Gasteiger partial charge in [0.2, 0.25) is 0 Å².